The lowest BCUT2D eigenvalue weighted by Gasteiger charge is -2.31. The molecule has 0 spiro atoms. The Morgan fingerprint density at radius 1 is 0.731 bits per heavy atom. The lowest BCUT2D eigenvalue weighted by Crippen LogP contribution is -2.57. The summed E-state index contributed by atoms with van der Waals surface area (Å²) < 4.78 is 5.28. The molecule has 6 rings (SSSR count). The number of rotatable bonds is 10. The van der Waals surface area contributed by atoms with Crippen LogP contribution in [0.1, 0.15) is 29.8 Å². The second kappa shape index (κ2) is 15.4. The van der Waals surface area contributed by atoms with Crippen molar-refractivity contribution < 1.29 is 28.7 Å². The highest BCUT2D eigenvalue weighted by Crippen LogP contribution is 2.38. The number of hydrogen-bond acceptors (Lipinski definition) is 6. The lowest BCUT2D eigenvalue weighted by molar-refractivity contribution is -0.129. The summed E-state index contributed by atoms with van der Waals surface area (Å²) in [4.78, 5) is 73.9. The van der Waals surface area contributed by atoms with Crippen molar-refractivity contribution in [1.82, 2.24) is 5.32 Å². The number of amides is 5. The number of hydrogen-bond donors (Lipinski definition) is 2. The third-order valence-corrected chi connectivity index (χ3v) is 8.53. The second-order valence-electron chi connectivity index (χ2n) is 12.3. The van der Waals surface area contributed by atoms with E-state index in [0.717, 1.165) is 0 Å². The molecule has 52 heavy (non-hydrogen) atoms. The summed E-state index contributed by atoms with van der Waals surface area (Å²) in [5.74, 6) is -1.55. The minimum absolute atomic E-state index is 0.236. The van der Waals surface area contributed by atoms with Crippen molar-refractivity contribution in [3.8, 4) is 5.75 Å². The summed E-state index contributed by atoms with van der Waals surface area (Å²) in [6.45, 7) is 3.29. The van der Waals surface area contributed by atoms with Crippen molar-refractivity contribution in [3.63, 3.8) is 0 Å². The van der Waals surface area contributed by atoms with E-state index in [4.69, 9.17) is 4.74 Å². The Labute approximate surface area is 301 Å². The molecule has 0 radical (unpaired) electrons. The topological polar surface area (TPSA) is 128 Å². The summed E-state index contributed by atoms with van der Waals surface area (Å²) in [5.41, 5.74) is 2.83. The molecule has 0 unspecified atom stereocenters. The van der Waals surface area contributed by atoms with Crippen LogP contribution in [0.2, 0.25) is 0 Å². The molecule has 1 aliphatic rings. The van der Waals surface area contributed by atoms with Gasteiger partial charge in [0.15, 0.2) is 11.8 Å². The zero-order valence-electron chi connectivity index (χ0n) is 28.9. The number of nitrogens with zero attached hydrogens (tertiary/aromatic N) is 3. The van der Waals surface area contributed by atoms with Gasteiger partial charge in [-0.05, 0) is 74.5 Å². The highest BCUT2D eigenvalue weighted by molar-refractivity contribution is 6.25. The van der Waals surface area contributed by atoms with Crippen LogP contribution in [0.3, 0.4) is 0 Å². The maximum absolute atomic E-state index is 14.5. The van der Waals surface area contributed by atoms with Gasteiger partial charge >= 0.3 is 6.03 Å². The van der Waals surface area contributed by atoms with Crippen molar-refractivity contribution in [3.05, 3.63) is 145 Å². The molecule has 0 saturated heterocycles. The predicted molar refractivity (Wildman–Crippen MR) is 200 cm³/mol. The fourth-order valence-corrected chi connectivity index (χ4v) is 6.12. The molecule has 0 aliphatic carbocycles. The smallest absolute Gasteiger partial charge is 0.320 e. The number of para-hydroxylation sites is 3. The average molecular weight is 696 g/mol. The fraction of sp³-hybridized carbons (Fsp3) is 0.146. The lowest BCUT2D eigenvalue weighted by atomic mass is 10.0. The number of ether oxygens (including phenoxy) is 1. The van der Waals surface area contributed by atoms with E-state index in [9.17, 15) is 24.0 Å². The number of benzene rings is 5. The maximum atomic E-state index is 14.5. The number of nitrogens with one attached hydrogen (secondary N) is 2. The first kappa shape index (κ1) is 35.1. The summed E-state index contributed by atoms with van der Waals surface area (Å²) in [5, 5.41) is 5.23. The highest BCUT2D eigenvalue weighted by atomic mass is 16.5. The van der Waals surface area contributed by atoms with Crippen LogP contribution >= 0.6 is 0 Å². The van der Waals surface area contributed by atoms with E-state index in [-0.39, 0.29) is 17.5 Å². The molecule has 0 fully saturated rings. The van der Waals surface area contributed by atoms with Crippen molar-refractivity contribution >= 4 is 58.0 Å². The molecule has 0 saturated carbocycles. The molecule has 5 amide bonds. The summed E-state index contributed by atoms with van der Waals surface area (Å²) >= 11 is 0. The Morgan fingerprint density at radius 3 is 2.00 bits per heavy atom. The first-order valence-corrected chi connectivity index (χ1v) is 16.7. The third-order valence-electron chi connectivity index (χ3n) is 8.53. The molecule has 1 atom stereocenters. The largest absolute Gasteiger partial charge is 0.497 e. The van der Waals surface area contributed by atoms with Gasteiger partial charge in [0.2, 0.25) is 5.91 Å². The minimum atomic E-state index is -1.73. The normalized spacial score (nSPS) is 14.0. The SMILES string of the molecule is COc1ccc(N(C(=O)CN2C(=O)[C@H](NC(=O)Nc3cccc(C(=O)c4ccccc4)c3)C(=O)N(c3ccccc3)c3ccccc32)C(C)C)cc1. The molecular weight excluding hydrogens is 658 g/mol. The van der Waals surface area contributed by atoms with Gasteiger partial charge in [-0.3, -0.25) is 29.0 Å². The summed E-state index contributed by atoms with van der Waals surface area (Å²) in [6.07, 6.45) is 0. The second-order valence-corrected chi connectivity index (χ2v) is 12.3. The quantitative estimate of drug-likeness (QED) is 0.126. The number of anilines is 5. The van der Waals surface area contributed by atoms with Gasteiger partial charge in [-0.1, -0.05) is 72.8 Å². The van der Waals surface area contributed by atoms with Crippen LogP contribution < -0.4 is 30.1 Å². The van der Waals surface area contributed by atoms with E-state index in [1.165, 1.54) is 15.9 Å². The van der Waals surface area contributed by atoms with Crippen molar-refractivity contribution in [1.29, 1.82) is 0 Å². The molecule has 1 aliphatic heterocycles. The zero-order chi connectivity index (χ0) is 36.8. The van der Waals surface area contributed by atoms with Gasteiger partial charge in [0.05, 0.1) is 18.5 Å². The molecule has 0 bridgehead atoms. The standard InChI is InChI=1S/C41H37N5O6/c1-27(2)45(32-21-23-33(52-3)24-22-32)36(47)26-44-34-19-10-11-20-35(34)46(31-17-8-5-9-18-31)40(50)37(39(44)49)43-41(51)42-30-16-12-15-29(25-30)38(48)28-13-6-4-7-14-28/h4-25,27,37H,26H2,1-3H3,(H2,42,43,51)/t37-/m0/s1. The van der Waals surface area contributed by atoms with Crippen molar-refractivity contribution in [2.75, 3.05) is 33.7 Å². The molecule has 5 aromatic carbocycles. The van der Waals surface area contributed by atoms with Gasteiger partial charge in [-0.15, -0.1) is 0 Å². The Kier molecular flexibility index (Phi) is 10.4. The summed E-state index contributed by atoms with van der Waals surface area (Å²) in [7, 11) is 1.55. The number of carbonyl (C=O) groups excluding carboxylic acids is 5. The van der Waals surface area contributed by atoms with E-state index in [2.05, 4.69) is 10.6 Å². The first-order valence-electron chi connectivity index (χ1n) is 16.7. The van der Waals surface area contributed by atoms with Gasteiger partial charge in [0.1, 0.15) is 12.3 Å². The first-order chi connectivity index (χ1) is 25.2. The number of carbonyl (C=O) groups is 5. The fourth-order valence-electron chi connectivity index (χ4n) is 6.12. The van der Waals surface area contributed by atoms with Crippen molar-refractivity contribution in [2.45, 2.75) is 25.9 Å². The van der Waals surface area contributed by atoms with Crippen LogP contribution in [-0.4, -0.2) is 55.3 Å². The maximum Gasteiger partial charge on any atom is 0.320 e. The number of ketones is 1. The monoisotopic (exact) mass is 695 g/mol. The molecule has 1 heterocycles. The van der Waals surface area contributed by atoms with Gasteiger partial charge in [0.25, 0.3) is 11.8 Å². The molecule has 11 nitrogen and oxygen atoms in total. The van der Waals surface area contributed by atoms with E-state index in [1.807, 2.05) is 19.9 Å². The van der Waals surface area contributed by atoms with E-state index < -0.39 is 36.3 Å². The number of urea groups is 1. The molecule has 5 aromatic rings. The zero-order valence-corrected chi connectivity index (χ0v) is 28.9. The minimum Gasteiger partial charge on any atom is -0.497 e. The van der Waals surface area contributed by atoms with E-state index in [0.29, 0.717) is 39.6 Å². The number of fused-ring (bicyclic) bond motifs is 1. The van der Waals surface area contributed by atoms with Gasteiger partial charge in [-0.2, -0.15) is 0 Å². The Hall–Kier alpha value is -6.75. The van der Waals surface area contributed by atoms with Gasteiger partial charge < -0.3 is 20.3 Å². The molecule has 262 valence electrons. The Balaban J connectivity index is 1.33. The van der Waals surface area contributed by atoms with Crippen LogP contribution in [0, 0.1) is 0 Å². The summed E-state index contributed by atoms with van der Waals surface area (Å²) in [6, 6.07) is 34.8. The molecule has 11 heteroatoms. The van der Waals surface area contributed by atoms with E-state index in [1.54, 1.807) is 133 Å². The van der Waals surface area contributed by atoms with Gasteiger partial charge in [0, 0.05) is 34.2 Å². The number of methoxy groups -OCH3 is 1. The van der Waals surface area contributed by atoms with Crippen LogP contribution in [0.5, 0.6) is 5.75 Å². The van der Waals surface area contributed by atoms with Crippen LogP contribution in [0.25, 0.3) is 0 Å². The molecule has 0 aromatic heterocycles. The van der Waals surface area contributed by atoms with Crippen LogP contribution in [-0.2, 0) is 14.4 Å². The predicted octanol–water partition coefficient (Wildman–Crippen LogP) is 6.57. The van der Waals surface area contributed by atoms with Crippen molar-refractivity contribution in [2.24, 2.45) is 0 Å². The van der Waals surface area contributed by atoms with Crippen LogP contribution in [0.15, 0.2) is 133 Å². The van der Waals surface area contributed by atoms with Crippen LogP contribution in [0.4, 0.5) is 33.2 Å². The molecular formula is C41H37N5O6. The van der Waals surface area contributed by atoms with Gasteiger partial charge in [-0.25, -0.2) is 4.79 Å². The average Bonchev–Trinajstić information content (AvgIpc) is 3.24. The van der Waals surface area contributed by atoms with E-state index >= 15 is 0 Å². The Morgan fingerprint density at radius 2 is 1.35 bits per heavy atom. The third kappa shape index (κ3) is 7.38. The highest BCUT2D eigenvalue weighted by Gasteiger charge is 2.43. The Bertz CT molecular complexity index is 2100. The molecule has 2 N–H and O–H groups in total.